The summed E-state index contributed by atoms with van der Waals surface area (Å²) in [6.07, 6.45) is -4.18. The van der Waals surface area contributed by atoms with E-state index >= 15 is 0 Å². The van der Waals surface area contributed by atoms with Crippen molar-refractivity contribution in [3.05, 3.63) is 29.8 Å². The number of nitrogens with one attached hydrogen (secondary N) is 2. The lowest BCUT2D eigenvalue weighted by molar-refractivity contribution is -0.274. The quantitative estimate of drug-likeness (QED) is 0.742. The van der Waals surface area contributed by atoms with Crippen molar-refractivity contribution in [2.75, 3.05) is 19.6 Å². The molecule has 0 heterocycles. The van der Waals surface area contributed by atoms with Crippen molar-refractivity contribution in [1.29, 1.82) is 0 Å². The molecule has 0 spiro atoms. The maximum Gasteiger partial charge on any atom is 0.573 e. The zero-order chi connectivity index (χ0) is 16.2. The fraction of sp³-hybridized carbons (Fsp3) is 0.533. The second-order valence-electron chi connectivity index (χ2n) is 5.18. The van der Waals surface area contributed by atoms with Crippen LogP contribution in [0.15, 0.2) is 24.3 Å². The Morgan fingerprint density at radius 2 is 2.00 bits per heavy atom. The third-order valence-electron chi connectivity index (χ3n) is 3.52. The Morgan fingerprint density at radius 3 is 2.65 bits per heavy atom. The third-order valence-corrected chi connectivity index (χ3v) is 3.52. The molecule has 1 amide bonds. The summed E-state index contributed by atoms with van der Waals surface area (Å²) in [7, 11) is 0. The van der Waals surface area contributed by atoms with Crippen molar-refractivity contribution in [2.24, 2.45) is 5.92 Å². The van der Waals surface area contributed by atoms with Gasteiger partial charge in [0, 0.05) is 19.0 Å². The number of alkyl halides is 3. The van der Waals surface area contributed by atoms with Crippen molar-refractivity contribution in [1.82, 2.24) is 10.6 Å². The van der Waals surface area contributed by atoms with Crippen LogP contribution in [0.3, 0.4) is 0 Å². The van der Waals surface area contributed by atoms with Crippen LogP contribution in [-0.4, -0.2) is 31.9 Å². The Kier molecular flexibility index (Phi) is 7.15. The summed E-state index contributed by atoms with van der Waals surface area (Å²) in [4.78, 5) is 11.9. The van der Waals surface area contributed by atoms with Crippen LogP contribution in [0.4, 0.5) is 13.2 Å². The van der Waals surface area contributed by atoms with Crippen LogP contribution in [0, 0.1) is 5.92 Å². The van der Waals surface area contributed by atoms with E-state index in [2.05, 4.69) is 15.4 Å². The van der Waals surface area contributed by atoms with Crippen molar-refractivity contribution in [2.45, 2.75) is 25.6 Å². The van der Waals surface area contributed by atoms with Gasteiger partial charge in [-0.1, -0.05) is 25.1 Å². The average Bonchev–Trinajstić information content (AvgIpc) is 3.22. The van der Waals surface area contributed by atoms with Crippen molar-refractivity contribution < 1.29 is 22.7 Å². The summed E-state index contributed by atoms with van der Waals surface area (Å²) in [5, 5.41) is 5.86. The molecule has 0 radical (unpaired) electrons. The minimum Gasteiger partial charge on any atom is -0.405 e. The molecule has 0 saturated heterocycles. The predicted molar refractivity (Wildman–Crippen MR) is 82.8 cm³/mol. The Morgan fingerprint density at radius 1 is 1.30 bits per heavy atom. The van der Waals surface area contributed by atoms with Gasteiger partial charge in [0.1, 0.15) is 5.75 Å². The number of carbonyl (C=O) groups is 1. The van der Waals surface area contributed by atoms with Gasteiger partial charge in [0.25, 0.3) is 0 Å². The lowest BCUT2D eigenvalue weighted by Gasteiger charge is -2.13. The average molecular weight is 353 g/mol. The van der Waals surface area contributed by atoms with Gasteiger partial charge in [-0.25, -0.2) is 0 Å². The van der Waals surface area contributed by atoms with E-state index in [0.29, 0.717) is 25.1 Å². The molecular formula is C15H20ClF3N2O2. The van der Waals surface area contributed by atoms with Crippen LogP contribution in [0.1, 0.15) is 24.8 Å². The zero-order valence-electron chi connectivity index (χ0n) is 12.7. The molecule has 23 heavy (non-hydrogen) atoms. The number of carbonyl (C=O) groups excluding carboxylic acids is 1. The Balaban J connectivity index is 0.00000264. The van der Waals surface area contributed by atoms with E-state index in [1.54, 1.807) is 12.1 Å². The van der Waals surface area contributed by atoms with Crippen LogP contribution < -0.4 is 15.4 Å². The molecule has 8 heteroatoms. The van der Waals surface area contributed by atoms with Crippen molar-refractivity contribution >= 4 is 18.3 Å². The van der Waals surface area contributed by atoms with Gasteiger partial charge in [-0.2, -0.15) is 0 Å². The first-order valence-corrected chi connectivity index (χ1v) is 7.25. The highest BCUT2D eigenvalue weighted by Crippen LogP contribution is 2.50. The van der Waals surface area contributed by atoms with Gasteiger partial charge in [0.15, 0.2) is 0 Å². The van der Waals surface area contributed by atoms with Crippen molar-refractivity contribution in [3.63, 3.8) is 0 Å². The summed E-state index contributed by atoms with van der Waals surface area (Å²) in [6.45, 7) is 3.98. The number of hydrogen-bond acceptors (Lipinski definition) is 3. The van der Waals surface area contributed by atoms with E-state index in [9.17, 15) is 18.0 Å². The predicted octanol–water partition coefficient (Wildman–Crippen LogP) is 2.84. The molecule has 1 aromatic rings. The summed E-state index contributed by atoms with van der Waals surface area (Å²) >= 11 is 0. The third kappa shape index (κ3) is 5.91. The first kappa shape index (κ1) is 19.6. The molecule has 1 aliphatic rings. The molecule has 0 aromatic heterocycles. The summed E-state index contributed by atoms with van der Waals surface area (Å²) < 4.78 is 41.2. The topological polar surface area (TPSA) is 50.4 Å². The van der Waals surface area contributed by atoms with Gasteiger partial charge < -0.3 is 15.4 Å². The highest BCUT2D eigenvalue weighted by atomic mass is 35.5. The maximum absolute atomic E-state index is 12.4. The molecule has 2 unspecified atom stereocenters. The van der Waals surface area contributed by atoms with E-state index in [1.165, 1.54) is 12.1 Å². The number of amides is 1. The Labute approximate surface area is 139 Å². The molecule has 1 aromatic carbocycles. The molecule has 4 nitrogen and oxygen atoms in total. The molecule has 0 bridgehead atoms. The normalized spacial score (nSPS) is 19.7. The van der Waals surface area contributed by atoms with E-state index in [4.69, 9.17) is 0 Å². The first-order valence-electron chi connectivity index (χ1n) is 7.25. The number of para-hydroxylation sites is 1. The molecule has 1 aliphatic carbocycles. The number of rotatable bonds is 7. The van der Waals surface area contributed by atoms with Crippen LogP contribution >= 0.6 is 12.4 Å². The largest absolute Gasteiger partial charge is 0.573 e. The van der Waals surface area contributed by atoms with E-state index in [0.717, 1.165) is 6.54 Å². The molecule has 1 saturated carbocycles. The maximum atomic E-state index is 12.4. The Hall–Kier alpha value is -1.47. The molecule has 2 N–H and O–H groups in total. The van der Waals surface area contributed by atoms with Crippen LogP contribution in [0.2, 0.25) is 0 Å². The summed E-state index contributed by atoms with van der Waals surface area (Å²) in [5.41, 5.74) is 0.437. The number of benzene rings is 1. The standard InChI is InChI=1S/C15H19F3N2O2.ClH/c1-2-19-7-8-20-14(21)12-9-11(12)10-5-3-4-6-13(10)22-15(16,17)18;/h3-6,11-12,19H,2,7-9H2,1H3,(H,20,21);1H. The number of ether oxygens (including phenoxy) is 1. The number of hydrogen-bond donors (Lipinski definition) is 2. The van der Waals surface area contributed by atoms with Crippen LogP contribution in [0.25, 0.3) is 0 Å². The van der Waals surface area contributed by atoms with E-state index < -0.39 is 6.36 Å². The zero-order valence-corrected chi connectivity index (χ0v) is 13.5. The van der Waals surface area contributed by atoms with E-state index in [-0.39, 0.29) is 35.9 Å². The molecule has 2 rings (SSSR count). The monoisotopic (exact) mass is 352 g/mol. The van der Waals surface area contributed by atoms with Gasteiger partial charge in [-0.3, -0.25) is 4.79 Å². The van der Waals surface area contributed by atoms with Crippen LogP contribution in [-0.2, 0) is 4.79 Å². The fourth-order valence-corrected chi connectivity index (χ4v) is 2.41. The second-order valence-corrected chi connectivity index (χ2v) is 5.18. The first-order chi connectivity index (χ1) is 10.4. The molecule has 0 aliphatic heterocycles. The van der Waals surface area contributed by atoms with E-state index in [1.807, 2.05) is 6.92 Å². The fourth-order valence-electron chi connectivity index (χ4n) is 2.41. The summed E-state index contributed by atoms with van der Waals surface area (Å²) in [5.74, 6) is -0.829. The minimum absolute atomic E-state index is 0. The second kappa shape index (κ2) is 8.40. The summed E-state index contributed by atoms with van der Waals surface area (Å²) in [6, 6.07) is 5.99. The van der Waals surface area contributed by atoms with Gasteiger partial charge in [0.05, 0.1) is 0 Å². The van der Waals surface area contributed by atoms with Gasteiger partial charge in [-0.05, 0) is 30.5 Å². The molecule has 1 fully saturated rings. The molecule has 2 atom stereocenters. The van der Waals surface area contributed by atoms with Gasteiger partial charge in [-0.15, -0.1) is 25.6 Å². The highest BCUT2D eigenvalue weighted by Gasteiger charge is 2.46. The lowest BCUT2D eigenvalue weighted by Crippen LogP contribution is -2.32. The SMILES string of the molecule is CCNCCNC(=O)C1CC1c1ccccc1OC(F)(F)F.Cl. The molecule has 130 valence electrons. The van der Waals surface area contributed by atoms with Gasteiger partial charge in [0.2, 0.25) is 5.91 Å². The number of halogens is 4. The van der Waals surface area contributed by atoms with Crippen LogP contribution in [0.5, 0.6) is 5.75 Å². The highest BCUT2D eigenvalue weighted by molar-refractivity contribution is 5.85. The van der Waals surface area contributed by atoms with Crippen molar-refractivity contribution in [3.8, 4) is 5.75 Å². The van der Waals surface area contributed by atoms with Gasteiger partial charge >= 0.3 is 6.36 Å². The number of likely N-dealkylation sites (N-methyl/N-ethyl adjacent to an activating group) is 1. The smallest absolute Gasteiger partial charge is 0.405 e. The lowest BCUT2D eigenvalue weighted by atomic mass is 10.1. The minimum atomic E-state index is -4.73. The Bertz CT molecular complexity index is 526. The molecular weight excluding hydrogens is 333 g/mol.